The molecule has 3 unspecified atom stereocenters. The predicted molar refractivity (Wildman–Crippen MR) is 386 cm³/mol. The first-order valence-electron chi connectivity index (χ1n) is 39.7. The van der Waals surface area contributed by atoms with Crippen molar-refractivity contribution in [1.29, 1.82) is 0 Å². The van der Waals surface area contributed by atoms with E-state index in [0.717, 1.165) is 109 Å². The van der Waals surface area contributed by atoms with Crippen LogP contribution in [-0.2, 0) is 65.4 Å². The number of esters is 4. The van der Waals surface area contributed by atoms with E-state index in [1.54, 1.807) is 0 Å². The molecule has 95 heavy (non-hydrogen) atoms. The van der Waals surface area contributed by atoms with Crippen LogP contribution in [0, 0.1) is 5.92 Å². The van der Waals surface area contributed by atoms with E-state index in [1.807, 2.05) is 0 Å². The van der Waals surface area contributed by atoms with Crippen LogP contribution in [0.1, 0.15) is 401 Å². The second-order valence-electron chi connectivity index (χ2n) is 27.6. The van der Waals surface area contributed by atoms with Gasteiger partial charge in [-0.2, -0.15) is 0 Å². The average Bonchev–Trinajstić information content (AvgIpc) is 3.42. The Balaban J connectivity index is 5.15. The van der Waals surface area contributed by atoms with E-state index in [0.29, 0.717) is 25.7 Å². The highest BCUT2D eigenvalue weighted by Gasteiger charge is 2.30. The fraction of sp³-hybridized carbons (Fsp3) is 0.947. The van der Waals surface area contributed by atoms with Gasteiger partial charge in [0.15, 0.2) is 12.2 Å². The minimum atomic E-state index is -4.96. The van der Waals surface area contributed by atoms with Crippen LogP contribution in [0.2, 0.25) is 0 Å². The first kappa shape index (κ1) is 93.1. The van der Waals surface area contributed by atoms with Gasteiger partial charge >= 0.3 is 39.5 Å². The van der Waals surface area contributed by atoms with Crippen LogP contribution in [0.3, 0.4) is 0 Å². The third-order valence-corrected chi connectivity index (χ3v) is 20.0. The van der Waals surface area contributed by atoms with Crippen LogP contribution in [0.5, 0.6) is 0 Å². The van der Waals surface area contributed by atoms with Crippen molar-refractivity contribution >= 4 is 39.5 Å². The van der Waals surface area contributed by atoms with Crippen molar-refractivity contribution < 1.29 is 80.2 Å². The van der Waals surface area contributed by atoms with Gasteiger partial charge in [0.05, 0.1) is 26.4 Å². The molecule has 0 amide bonds. The standard InChI is InChI=1S/C76H148O17P2/c1-6-10-13-16-19-21-23-25-27-28-29-30-31-32-33-34-36-38-40-46-51-56-61-75(80)92-72(66-87-74(79)60-55-50-45-39-37-35-26-24-22-20-17-14-11-7-2)68-91-95(84,85)89-64-70(77)63-88-94(82,83)90-67-71(65-86-73(78)59-54-49-43-18-15-12-8-3)93-76(81)62-57-52-47-42-41-44-48-53-58-69(5)9-4/h69-72,77H,6-68H2,1-5H3,(H,82,83)(H,84,85)/t69?,70-,71+,72+/m0/s1. The molecule has 6 atom stereocenters. The summed E-state index contributed by atoms with van der Waals surface area (Å²) in [5.74, 6) is -1.35. The Kier molecular flexibility index (Phi) is 67.7. The van der Waals surface area contributed by atoms with Gasteiger partial charge in [0.25, 0.3) is 0 Å². The van der Waals surface area contributed by atoms with Crippen LogP contribution in [0.25, 0.3) is 0 Å². The molecule has 0 saturated carbocycles. The van der Waals surface area contributed by atoms with E-state index in [2.05, 4.69) is 34.6 Å². The van der Waals surface area contributed by atoms with Gasteiger partial charge in [0.1, 0.15) is 19.3 Å². The lowest BCUT2D eigenvalue weighted by Gasteiger charge is -2.21. The minimum absolute atomic E-state index is 0.105. The fourth-order valence-electron chi connectivity index (χ4n) is 11.7. The molecule has 0 spiro atoms. The zero-order valence-electron chi connectivity index (χ0n) is 61.8. The topological polar surface area (TPSA) is 237 Å². The number of hydrogen-bond acceptors (Lipinski definition) is 15. The Hall–Kier alpha value is -1.94. The molecular weight excluding hydrogens is 1250 g/mol. The average molecular weight is 1400 g/mol. The molecule has 0 aliphatic rings. The summed E-state index contributed by atoms with van der Waals surface area (Å²) in [6, 6.07) is 0. The zero-order valence-corrected chi connectivity index (χ0v) is 63.6. The Morgan fingerprint density at radius 1 is 0.295 bits per heavy atom. The third-order valence-electron chi connectivity index (χ3n) is 18.1. The summed E-state index contributed by atoms with van der Waals surface area (Å²) in [5.41, 5.74) is 0. The molecule has 0 saturated heterocycles. The number of unbranched alkanes of at least 4 members (excludes halogenated alkanes) is 47. The summed E-state index contributed by atoms with van der Waals surface area (Å²) in [7, 11) is -9.90. The third kappa shape index (κ3) is 69.0. The van der Waals surface area contributed by atoms with Crippen molar-refractivity contribution in [3.63, 3.8) is 0 Å². The van der Waals surface area contributed by atoms with Gasteiger partial charge in [-0.25, -0.2) is 9.13 Å². The summed E-state index contributed by atoms with van der Waals surface area (Å²) in [5, 5.41) is 10.6. The smallest absolute Gasteiger partial charge is 0.462 e. The molecule has 0 aromatic carbocycles. The van der Waals surface area contributed by atoms with Crippen LogP contribution < -0.4 is 0 Å². The van der Waals surface area contributed by atoms with Crippen molar-refractivity contribution in [3.8, 4) is 0 Å². The molecule has 0 rings (SSSR count). The quantitative estimate of drug-likeness (QED) is 0.0222. The van der Waals surface area contributed by atoms with Gasteiger partial charge in [-0.05, 0) is 31.6 Å². The number of phosphoric ester groups is 2. The molecular formula is C76H148O17P2. The van der Waals surface area contributed by atoms with Gasteiger partial charge in [-0.1, -0.05) is 349 Å². The van der Waals surface area contributed by atoms with Crippen molar-refractivity contribution in [2.45, 2.75) is 419 Å². The number of carbonyl (C=O) groups excluding carboxylic acids is 4. The SMILES string of the molecule is CCCCCCCCCCCCCCCCCCCCCCCCC(=O)O[C@H](COC(=O)CCCCCCCCCCCCCCCC)COP(=O)(O)OC[C@@H](O)COP(=O)(O)OC[C@@H](COC(=O)CCCCCCCCC)OC(=O)CCCCCCCCCCC(C)CC. The zero-order chi connectivity index (χ0) is 69.8. The lowest BCUT2D eigenvalue weighted by atomic mass is 9.99. The predicted octanol–water partition coefficient (Wildman–Crippen LogP) is 22.5. The molecule has 0 aromatic rings. The Morgan fingerprint density at radius 2 is 0.505 bits per heavy atom. The number of phosphoric acid groups is 2. The molecule has 17 nitrogen and oxygen atoms in total. The van der Waals surface area contributed by atoms with Gasteiger partial charge in [-0.3, -0.25) is 37.3 Å². The van der Waals surface area contributed by atoms with Crippen LogP contribution in [0.4, 0.5) is 0 Å². The van der Waals surface area contributed by atoms with E-state index >= 15 is 0 Å². The number of aliphatic hydroxyl groups excluding tert-OH is 1. The summed E-state index contributed by atoms with van der Waals surface area (Å²) >= 11 is 0. The van der Waals surface area contributed by atoms with E-state index in [1.165, 1.54) is 212 Å². The molecule has 564 valence electrons. The lowest BCUT2D eigenvalue weighted by Crippen LogP contribution is -2.30. The first-order chi connectivity index (χ1) is 46.1. The molecule has 0 bridgehead atoms. The molecule has 0 radical (unpaired) electrons. The molecule has 0 heterocycles. The van der Waals surface area contributed by atoms with Crippen molar-refractivity contribution in [3.05, 3.63) is 0 Å². The molecule has 19 heteroatoms. The monoisotopic (exact) mass is 1400 g/mol. The van der Waals surface area contributed by atoms with Crippen LogP contribution in [0.15, 0.2) is 0 Å². The highest BCUT2D eigenvalue weighted by molar-refractivity contribution is 7.47. The summed E-state index contributed by atoms with van der Waals surface area (Å²) in [4.78, 5) is 72.6. The lowest BCUT2D eigenvalue weighted by molar-refractivity contribution is -0.161. The van der Waals surface area contributed by atoms with Gasteiger partial charge in [0.2, 0.25) is 0 Å². The molecule has 0 aliphatic heterocycles. The maximum Gasteiger partial charge on any atom is 0.472 e. The Labute approximate surface area is 581 Å². The normalized spacial score (nSPS) is 14.2. The van der Waals surface area contributed by atoms with E-state index in [9.17, 15) is 43.2 Å². The van der Waals surface area contributed by atoms with E-state index in [4.69, 9.17) is 37.0 Å². The second-order valence-corrected chi connectivity index (χ2v) is 30.5. The van der Waals surface area contributed by atoms with Gasteiger partial charge in [0, 0.05) is 25.7 Å². The number of aliphatic hydroxyl groups is 1. The molecule has 0 aromatic heterocycles. The largest absolute Gasteiger partial charge is 0.472 e. The Bertz CT molecular complexity index is 1820. The molecule has 0 fully saturated rings. The van der Waals surface area contributed by atoms with Gasteiger partial charge in [-0.15, -0.1) is 0 Å². The summed E-state index contributed by atoms with van der Waals surface area (Å²) in [6.07, 6.45) is 58.5. The molecule has 0 aliphatic carbocycles. The van der Waals surface area contributed by atoms with Crippen molar-refractivity contribution in [1.82, 2.24) is 0 Å². The number of hydrogen-bond donors (Lipinski definition) is 3. The number of ether oxygens (including phenoxy) is 4. The minimum Gasteiger partial charge on any atom is -0.462 e. The summed E-state index contributed by atoms with van der Waals surface area (Å²) in [6.45, 7) is 7.24. The maximum atomic E-state index is 13.1. The maximum absolute atomic E-state index is 13.1. The number of carbonyl (C=O) groups is 4. The van der Waals surface area contributed by atoms with E-state index < -0.39 is 97.5 Å². The Morgan fingerprint density at radius 3 is 0.747 bits per heavy atom. The number of rotatable bonds is 76. The first-order valence-corrected chi connectivity index (χ1v) is 42.7. The van der Waals surface area contributed by atoms with Crippen molar-refractivity contribution in [2.75, 3.05) is 39.6 Å². The fourth-order valence-corrected chi connectivity index (χ4v) is 13.3. The van der Waals surface area contributed by atoms with Crippen LogP contribution in [-0.4, -0.2) is 96.7 Å². The highest BCUT2D eigenvalue weighted by Crippen LogP contribution is 2.45. The second kappa shape index (κ2) is 69.2. The van der Waals surface area contributed by atoms with Gasteiger partial charge < -0.3 is 33.8 Å². The summed E-state index contributed by atoms with van der Waals surface area (Å²) < 4.78 is 68.4. The van der Waals surface area contributed by atoms with Crippen LogP contribution >= 0.6 is 15.6 Å². The highest BCUT2D eigenvalue weighted by atomic mass is 31.2. The van der Waals surface area contributed by atoms with Crippen molar-refractivity contribution in [2.24, 2.45) is 5.92 Å². The molecule has 3 N–H and O–H groups in total. The van der Waals surface area contributed by atoms with E-state index in [-0.39, 0.29) is 25.7 Å².